The quantitative estimate of drug-likeness (QED) is 0.702. The first-order chi connectivity index (χ1) is 10.6. The van der Waals surface area contributed by atoms with Crippen LogP contribution in [0.25, 0.3) is 0 Å². The highest BCUT2D eigenvalue weighted by molar-refractivity contribution is 7.80. The van der Waals surface area contributed by atoms with Gasteiger partial charge >= 0.3 is 16.4 Å². The molecule has 0 spiro atoms. The smallest absolute Gasteiger partial charge is 0.347 e. The van der Waals surface area contributed by atoms with Crippen molar-refractivity contribution in [3.63, 3.8) is 0 Å². The van der Waals surface area contributed by atoms with Crippen LogP contribution in [0.15, 0.2) is 6.20 Å². The Bertz CT molecular complexity index is 787. The van der Waals surface area contributed by atoms with E-state index in [4.69, 9.17) is 4.55 Å². The Morgan fingerprint density at radius 3 is 2.70 bits per heavy atom. The fourth-order valence-electron chi connectivity index (χ4n) is 2.92. The molecule has 23 heavy (non-hydrogen) atoms. The Morgan fingerprint density at radius 2 is 2.13 bits per heavy atom. The molecule has 11 nitrogen and oxygen atoms in total. The van der Waals surface area contributed by atoms with Crippen LogP contribution in [-0.4, -0.2) is 70.2 Å². The van der Waals surface area contributed by atoms with Crippen molar-refractivity contribution in [1.29, 1.82) is 0 Å². The SMILES string of the molecule is CN(C)C(=O)[C@@H]1c2c(cnn2C)[C@@H]2CN1C(=O)N2OS(=O)(=O)O. The zero-order valence-electron chi connectivity index (χ0n) is 12.6. The van der Waals surface area contributed by atoms with Gasteiger partial charge in [0.25, 0.3) is 5.91 Å². The van der Waals surface area contributed by atoms with E-state index in [-0.39, 0.29) is 12.5 Å². The van der Waals surface area contributed by atoms with E-state index in [2.05, 4.69) is 9.38 Å². The van der Waals surface area contributed by atoms with Gasteiger partial charge in [0.1, 0.15) is 6.04 Å². The highest BCUT2D eigenvalue weighted by Crippen LogP contribution is 2.44. The summed E-state index contributed by atoms with van der Waals surface area (Å²) in [4.78, 5) is 27.5. The summed E-state index contributed by atoms with van der Waals surface area (Å²) in [5, 5.41) is 4.63. The Kier molecular flexibility index (Phi) is 3.35. The number of nitrogens with zero attached hydrogens (tertiary/aromatic N) is 5. The highest BCUT2D eigenvalue weighted by atomic mass is 32.3. The van der Waals surface area contributed by atoms with E-state index in [1.165, 1.54) is 20.7 Å². The van der Waals surface area contributed by atoms with Crippen LogP contribution in [0, 0.1) is 0 Å². The summed E-state index contributed by atoms with van der Waals surface area (Å²) in [7, 11) is -0.143. The van der Waals surface area contributed by atoms with Crippen molar-refractivity contribution in [3.05, 3.63) is 17.5 Å². The number of carbonyl (C=O) groups excluding carboxylic acids is 2. The van der Waals surface area contributed by atoms with Gasteiger partial charge in [-0.15, -0.1) is 4.28 Å². The van der Waals surface area contributed by atoms with Crippen molar-refractivity contribution >= 4 is 22.3 Å². The summed E-state index contributed by atoms with van der Waals surface area (Å²) in [6.45, 7) is 0.0529. The molecule has 3 rings (SSSR count). The number of amides is 3. The van der Waals surface area contributed by atoms with Crippen LogP contribution in [0.1, 0.15) is 23.3 Å². The van der Waals surface area contributed by atoms with Gasteiger partial charge in [0.05, 0.1) is 18.4 Å². The number of hydroxylamine groups is 2. The third-order valence-electron chi connectivity index (χ3n) is 3.88. The van der Waals surface area contributed by atoms with Crippen molar-refractivity contribution in [2.45, 2.75) is 12.1 Å². The molecule has 2 aliphatic heterocycles. The minimum Gasteiger partial charge on any atom is -0.347 e. The Labute approximate surface area is 131 Å². The van der Waals surface area contributed by atoms with Gasteiger partial charge in [-0.05, 0) is 0 Å². The van der Waals surface area contributed by atoms with Gasteiger partial charge in [0.2, 0.25) is 0 Å². The van der Waals surface area contributed by atoms with E-state index in [1.54, 1.807) is 21.1 Å². The predicted octanol–water partition coefficient (Wildman–Crippen LogP) is -0.924. The van der Waals surface area contributed by atoms with Gasteiger partial charge in [-0.1, -0.05) is 0 Å². The molecule has 0 saturated carbocycles. The van der Waals surface area contributed by atoms with Crippen LogP contribution < -0.4 is 0 Å². The number of likely N-dealkylation sites (N-methyl/N-ethyl adjacent to an activating group) is 1. The van der Waals surface area contributed by atoms with Gasteiger partial charge in [0.15, 0.2) is 6.04 Å². The minimum atomic E-state index is -4.87. The molecule has 1 aromatic heterocycles. The Morgan fingerprint density at radius 1 is 1.48 bits per heavy atom. The number of hydrogen-bond acceptors (Lipinski definition) is 6. The van der Waals surface area contributed by atoms with E-state index in [9.17, 15) is 18.0 Å². The lowest BCUT2D eigenvalue weighted by Crippen LogP contribution is -2.44. The first-order valence-corrected chi connectivity index (χ1v) is 7.98. The summed E-state index contributed by atoms with van der Waals surface area (Å²) in [6, 6.07) is -2.53. The van der Waals surface area contributed by atoms with E-state index >= 15 is 0 Å². The van der Waals surface area contributed by atoms with Crippen LogP contribution in [0.3, 0.4) is 0 Å². The number of aromatic nitrogens is 2. The third-order valence-corrected chi connectivity index (χ3v) is 4.23. The second-order valence-electron chi connectivity index (χ2n) is 5.52. The summed E-state index contributed by atoms with van der Waals surface area (Å²) in [6.07, 6.45) is 1.45. The maximum Gasteiger partial charge on any atom is 0.418 e. The van der Waals surface area contributed by atoms with Crippen molar-refractivity contribution in [1.82, 2.24) is 24.6 Å². The normalized spacial score (nSPS) is 23.2. The largest absolute Gasteiger partial charge is 0.418 e. The van der Waals surface area contributed by atoms with Crippen molar-refractivity contribution in [2.75, 3.05) is 20.6 Å². The van der Waals surface area contributed by atoms with Gasteiger partial charge < -0.3 is 9.80 Å². The lowest BCUT2D eigenvalue weighted by Gasteiger charge is -2.31. The summed E-state index contributed by atoms with van der Waals surface area (Å²) < 4.78 is 36.7. The highest BCUT2D eigenvalue weighted by Gasteiger charge is 2.54. The molecule has 12 heteroatoms. The maximum absolute atomic E-state index is 12.5. The second-order valence-corrected chi connectivity index (χ2v) is 6.53. The summed E-state index contributed by atoms with van der Waals surface area (Å²) in [5.41, 5.74) is 0.980. The van der Waals surface area contributed by atoms with E-state index in [0.29, 0.717) is 16.3 Å². The fourth-order valence-corrected chi connectivity index (χ4v) is 3.29. The van der Waals surface area contributed by atoms with Gasteiger partial charge in [0, 0.05) is 26.7 Å². The number of rotatable bonds is 3. The lowest BCUT2D eigenvalue weighted by atomic mass is 9.97. The summed E-state index contributed by atoms with van der Waals surface area (Å²) >= 11 is 0. The average molecular weight is 345 g/mol. The molecule has 3 heterocycles. The minimum absolute atomic E-state index is 0.0529. The summed E-state index contributed by atoms with van der Waals surface area (Å²) in [5.74, 6) is -0.352. The predicted molar refractivity (Wildman–Crippen MR) is 74.0 cm³/mol. The molecule has 1 saturated heterocycles. The first kappa shape index (κ1) is 15.7. The second kappa shape index (κ2) is 4.91. The average Bonchev–Trinajstić information content (AvgIpc) is 2.93. The standard InChI is InChI=1S/C11H15N5O6S/c1-13(2)10(17)9-8-6(4-12-14(8)3)7-5-15(9)11(18)16(7)22-23(19,20)21/h4,7,9H,5H2,1-3H3,(H,19,20,21)/t7-,9-/m0/s1. The lowest BCUT2D eigenvalue weighted by molar-refractivity contribution is -0.133. The van der Waals surface area contributed by atoms with Crippen molar-refractivity contribution in [3.8, 4) is 0 Å². The molecular weight excluding hydrogens is 330 g/mol. The fraction of sp³-hybridized carbons (Fsp3) is 0.545. The number of hydrogen-bond donors (Lipinski definition) is 1. The molecule has 1 N–H and O–H groups in total. The maximum atomic E-state index is 12.5. The molecule has 2 bridgehead atoms. The van der Waals surface area contributed by atoms with Crippen molar-refractivity contribution < 1.29 is 26.8 Å². The first-order valence-electron chi connectivity index (χ1n) is 6.61. The molecule has 0 unspecified atom stereocenters. The molecule has 0 aliphatic carbocycles. The van der Waals surface area contributed by atoms with Crippen LogP contribution in [0.5, 0.6) is 0 Å². The van der Waals surface area contributed by atoms with Crippen LogP contribution in [0.2, 0.25) is 0 Å². The molecule has 126 valence electrons. The van der Waals surface area contributed by atoms with Crippen LogP contribution in [0.4, 0.5) is 4.79 Å². The van der Waals surface area contributed by atoms with Crippen LogP contribution in [-0.2, 0) is 26.5 Å². The molecule has 3 amide bonds. The zero-order chi connectivity index (χ0) is 17.1. The number of urea groups is 1. The van der Waals surface area contributed by atoms with E-state index in [0.717, 1.165) is 0 Å². The molecular formula is C11H15N5O6S. The molecule has 0 radical (unpaired) electrons. The molecule has 0 aromatic carbocycles. The van der Waals surface area contributed by atoms with Gasteiger partial charge in [-0.25, -0.2) is 4.79 Å². The van der Waals surface area contributed by atoms with Gasteiger partial charge in [-0.3, -0.25) is 14.0 Å². The number of fused-ring (bicyclic) bond motifs is 4. The molecule has 2 aliphatic rings. The van der Waals surface area contributed by atoms with Crippen LogP contribution >= 0.6 is 0 Å². The van der Waals surface area contributed by atoms with E-state index in [1.807, 2.05) is 0 Å². The molecule has 1 aromatic rings. The Balaban J connectivity index is 2.11. The monoisotopic (exact) mass is 345 g/mol. The zero-order valence-corrected chi connectivity index (χ0v) is 13.4. The number of aryl methyl sites for hydroxylation is 1. The topological polar surface area (TPSA) is 125 Å². The van der Waals surface area contributed by atoms with Gasteiger partial charge in [-0.2, -0.15) is 18.6 Å². The Hall–Kier alpha value is -2.18. The molecule has 2 atom stereocenters. The van der Waals surface area contributed by atoms with E-state index < -0.39 is 28.5 Å². The number of carbonyl (C=O) groups is 2. The third kappa shape index (κ3) is 2.34. The molecule has 1 fully saturated rings. The van der Waals surface area contributed by atoms with Crippen molar-refractivity contribution in [2.24, 2.45) is 7.05 Å².